The Morgan fingerprint density at radius 2 is 2.10 bits per heavy atom. The molecule has 0 radical (unpaired) electrons. The lowest BCUT2D eigenvalue weighted by Crippen LogP contribution is -2.32. The Labute approximate surface area is 175 Å². The molecule has 2 aromatic rings. The van der Waals surface area contributed by atoms with Gasteiger partial charge in [-0.15, -0.1) is 11.3 Å². The van der Waals surface area contributed by atoms with Crippen LogP contribution in [-0.2, 0) is 22.6 Å². The Morgan fingerprint density at radius 1 is 1.28 bits per heavy atom. The number of thiophene rings is 1. The number of nitrogens with zero attached hydrogens (tertiary/aromatic N) is 1. The lowest BCUT2D eigenvalue weighted by Gasteiger charge is -2.30. The van der Waals surface area contributed by atoms with Crippen LogP contribution in [0, 0.1) is 0 Å². The van der Waals surface area contributed by atoms with Gasteiger partial charge in [-0.1, -0.05) is 11.6 Å². The minimum atomic E-state index is -0.234. The van der Waals surface area contributed by atoms with Crippen molar-refractivity contribution in [3.8, 4) is 5.75 Å². The van der Waals surface area contributed by atoms with E-state index in [1.165, 1.54) is 28.7 Å². The quantitative estimate of drug-likeness (QED) is 0.759. The van der Waals surface area contributed by atoms with Gasteiger partial charge in [-0.25, -0.2) is 0 Å². The maximum absolute atomic E-state index is 11.8. The number of aliphatic hydroxyl groups is 1. The van der Waals surface area contributed by atoms with E-state index in [0.29, 0.717) is 6.61 Å². The highest BCUT2D eigenvalue weighted by molar-refractivity contribution is 7.11. The summed E-state index contributed by atoms with van der Waals surface area (Å²) in [5.74, 6) is 0.648. The van der Waals surface area contributed by atoms with E-state index in [2.05, 4.69) is 22.4 Å². The molecule has 1 N–H and O–H groups in total. The number of piperidine rings is 1. The molecule has 154 valence electrons. The SMILES string of the molecule is COC(=O)Cc1ccc2c(c1)C(=C1CCN(CCCO)CC1)c1sccc1CO2. The average Bonchev–Trinajstić information content (AvgIpc) is 3.15. The number of hydrogen-bond donors (Lipinski definition) is 1. The first-order valence-electron chi connectivity index (χ1n) is 10.1. The smallest absolute Gasteiger partial charge is 0.309 e. The molecule has 1 fully saturated rings. The van der Waals surface area contributed by atoms with Crippen LogP contribution in [-0.4, -0.2) is 49.3 Å². The van der Waals surface area contributed by atoms with Crippen molar-refractivity contribution in [2.45, 2.75) is 32.3 Å². The normalized spacial score (nSPS) is 16.6. The number of methoxy groups -OCH3 is 1. The zero-order valence-corrected chi connectivity index (χ0v) is 17.6. The van der Waals surface area contributed by atoms with Gasteiger partial charge in [-0.05, 0) is 48.4 Å². The summed E-state index contributed by atoms with van der Waals surface area (Å²) >= 11 is 1.77. The van der Waals surface area contributed by atoms with Gasteiger partial charge < -0.3 is 19.5 Å². The zero-order chi connectivity index (χ0) is 20.2. The molecule has 3 heterocycles. The summed E-state index contributed by atoms with van der Waals surface area (Å²) in [6, 6.07) is 8.19. The minimum absolute atomic E-state index is 0.234. The third kappa shape index (κ3) is 4.39. The molecule has 0 spiro atoms. The Kier molecular flexibility index (Phi) is 6.33. The van der Waals surface area contributed by atoms with E-state index < -0.39 is 0 Å². The van der Waals surface area contributed by atoms with Crippen LogP contribution in [0.4, 0.5) is 0 Å². The summed E-state index contributed by atoms with van der Waals surface area (Å²) in [4.78, 5) is 15.5. The molecule has 1 saturated heterocycles. The number of rotatable bonds is 5. The maximum atomic E-state index is 11.8. The summed E-state index contributed by atoms with van der Waals surface area (Å²) in [7, 11) is 1.42. The van der Waals surface area contributed by atoms with Crippen molar-refractivity contribution >= 4 is 22.9 Å². The van der Waals surface area contributed by atoms with Gasteiger partial charge in [0.05, 0.1) is 13.5 Å². The molecule has 4 rings (SSSR count). The van der Waals surface area contributed by atoms with Crippen molar-refractivity contribution in [1.82, 2.24) is 4.90 Å². The Balaban J connectivity index is 1.72. The molecule has 0 saturated carbocycles. The highest BCUT2D eigenvalue weighted by Gasteiger charge is 2.26. The number of ether oxygens (including phenoxy) is 2. The van der Waals surface area contributed by atoms with E-state index in [1.54, 1.807) is 11.3 Å². The van der Waals surface area contributed by atoms with Gasteiger partial charge in [0.15, 0.2) is 0 Å². The molecule has 0 atom stereocenters. The van der Waals surface area contributed by atoms with Crippen LogP contribution in [0.1, 0.15) is 40.8 Å². The predicted molar refractivity (Wildman–Crippen MR) is 114 cm³/mol. The second-order valence-corrected chi connectivity index (χ2v) is 8.46. The van der Waals surface area contributed by atoms with Crippen molar-refractivity contribution in [2.75, 3.05) is 33.4 Å². The third-order valence-electron chi connectivity index (χ3n) is 5.69. The van der Waals surface area contributed by atoms with E-state index in [4.69, 9.17) is 14.6 Å². The number of aliphatic hydroxyl groups excluding tert-OH is 1. The topological polar surface area (TPSA) is 59.0 Å². The largest absolute Gasteiger partial charge is 0.488 e. The molecule has 0 amide bonds. The lowest BCUT2D eigenvalue weighted by atomic mass is 9.89. The highest BCUT2D eigenvalue weighted by atomic mass is 32.1. The first kappa shape index (κ1) is 20.1. The van der Waals surface area contributed by atoms with Gasteiger partial charge in [-0.3, -0.25) is 4.79 Å². The summed E-state index contributed by atoms with van der Waals surface area (Å²) in [5.41, 5.74) is 6.00. The van der Waals surface area contributed by atoms with Gasteiger partial charge in [0.25, 0.3) is 0 Å². The first-order chi connectivity index (χ1) is 14.2. The number of likely N-dealkylation sites (tertiary alicyclic amines) is 1. The van der Waals surface area contributed by atoms with Gasteiger partial charge in [-0.2, -0.15) is 0 Å². The van der Waals surface area contributed by atoms with Crippen molar-refractivity contribution in [3.05, 3.63) is 56.8 Å². The summed E-state index contributed by atoms with van der Waals surface area (Å²) in [6.07, 6.45) is 3.12. The second kappa shape index (κ2) is 9.11. The van der Waals surface area contributed by atoms with Crippen molar-refractivity contribution in [2.24, 2.45) is 0 Å². The third-order valence-corrected chi connectivity index (χ3v) is 6.67. The highest BCUT2D eigenvalue weighted by Crippen LogP contribution is 2.43. The fourth-order valence-corrected chi connectivity index (χ4v) is 5.15. The van der Waals surface area contributed by atoms with E-state index in [1.807, 2.05) is 12.1 Å². The maximum Gasteiger partial charge on any atom is 0.309 e. The van der Waals surface area contributed by atoms with Crippen LogP contribution >= 0.6 is 11.3 Å². The molecule has 6 heteroatoms. The molecule has 0 unspecified atom stereocenters. The lowest BCUT2D eigenvalue weighted by molar-refractivity contribution is -0.139. The molecular weight excluding hydrogens is 386 g/mol. The molecule has 1 aromatic heterocycles. The number of hydrogen-bond acceptors (Lipinski definition) is 6. The average molecular weight is 414 g/mol. The van der Waals surface area contributed by atoms with Crippen LogP contribution in [0.3, 0.4) is 0 Å². The Morgan fingerprint density at radius 3 is 2.86 bits per heavy atom. The van der Waals surface area contributed by atoms with Crippen LogP contribution < -0.4 is 4.74 Å². The number of benzene rings is 1. The fourth-order valence-electron chi connectivity index (χ4n) is 4.14. The Hall–Kier alpha value is -2.15. The molecular formula is C23H27NO4S. The van der Waals surface area contributed by atoms with Gasteiger partial charge in [0.2, 0.25) is 0 Å². The van der Waals surface area contributed by atoms with Crippen LogP contribution in [0.5, 0.6) is 5.75 Å². The number of fused-ring (bicyclic) bond motifs is 2. The molecule has 0 bridgehead atoms. The predicted octanol–water partition coefficient (Wildman–Crippen LogP) is 3.64. The summed E-state index contributed by atoms with van der Waals surface area (Å²) < 4.78 is 11.0. The van der Waals surface area contributed by atoms with Gasteiger partial charge >= 0.3 is 5.97 Å². The standard InChI is InChI=1S/C23H27NO4S/c1-27-21(26)14-16-3-4-20-19(13-16)22(23-18(15-28-20)7-12-29-23)17-5-9-24(10-6-17)8-2-11-25/h3-4,7,12-13,25H,2,5-6,8-11,14-15H2,1H3. The van der Waals surface area contributed by atoms with Crippen molar-refractivity contribution < 1.29 is 19.4 Å². The van der Waals surface area contributed by atoms with Gasteiger partial charge in [0.1, 0.15) is 12.4 Å². The zero-order valence-electron chi connectivity index (χ0n) is 16.8. The van der Waals surface area contributed by atoms with Crippen molar-refractivity contribution in [1.29, 1.82) is 0 Å². The van der Waals surface area contributed by atoms with E-state index in [0.717, 1.165) is 55.8 Å². The fraction of sp³-hybridized carbons (Fsp3) is 0.435. The Bertz CT molecular complexity index is 907. The van der Waals surface area contributed by atoms with Gasteiger partial charge in [0, 0.05) is 47.8 Å². The molecule has 5 nitrogen and oxygen atoms in total. The summed E-state index contributed by atoms with van der Waals surface area (Å²) in [6.45, 7) is 3.79. The minimum Gasteiger partial charge on any atom is -0.488 e. The molecule has 29 heavy (non-hydrogen) atoms. The molecule has 2 aliphatic rings. The monoisotopic (exact) mass is 413 g/mol. The molecule has 2 aliphatic heterocycles. The van der Waals surface area contributed by atoms with Crippen LogP contribution in [0.2, 0.25) is 0 Å². The number of carbonyl (C=O) groups excluding carboxylic acids is 1. The first-order valence-corrected chi connectivity index (χ1v) is 11.0. The molecule has 0 aliphatic carbocycles. The van der Waals surface area contributed by atoms with E-state index in [9.17, 15) is 4.79 Å². The van der Waals surface area contributed by atoms with E-state index in [-0.39, 0.29) is 19.0 Å². The van der Waals surface area contributed by atoms with Crippen molar-refractivity contribution in [3.63, 3.8) is 0 Å². The summed E-state index contributed by atoms with van der Waals surface area (Å²) in [5, 5.41) is 11.2. The second-order valence-electron chi connectivity index (χ2n) is 7.54. The van der Waals surface area contributed by atoms with Crippen LogP contribution in [0.15, 0.2) is 35.2 Å². The van der Waals surface area contributed by atoms with Crippen LogP contribution in [0.25, 0.3) is 5.57 Å². The number of carbonyl (C=O) groups is 1. The number of esters is 1. The molecule has 1 aromatic carbocycles. The van der Waals surface area contributed by atoms with E-state index >= 15 is 0 Å².